The molecule has 0 aliphatic heterocycles. The second-order valence-electron chi connectivity index (χ2n) is 0.513. The van der Waals surface area contributed by atoms with Crippen molar-refractivity contribution in [3.63, 3.8) is 0 Å². The van der Waals surface area contributed by atoms with Gasteiger partial charge in [-0.15, -0.1) is 0 Å². The quantitative estimate of drug-likeness (QED) is 0.378. The van der Waals surface area contributed by atoms with Crippen LogP contribution in [0.2, 0.25) is 0 Å². The molecule has 0 aromatic rings. The fraction of sp³-hybridized carbons (Fsp3) is 0. The van der Waals surface area contributed by atoms with Crippen LogP contribution in [-0.4, -0.2) is 14.7 Å². The van der Waals surface area contributed by atoms with Gasteiger partial charge in [-0.1, -0.05) is 0 Å². The van der Waals surface area contributed by atoms with Crippen LogP contribution in [0.25, 0.3) is 0 Å². The van der Waals surface area contributed by atoms with E-state index >= 15 is 0 Å². The summed E-state index contributed by atoms with van der Waals surface area (Å²) in [7, 11) is -4.64. The van der Waals surface area contributed by atoms with Crippen LogP contribution in [0.4, 0.5) is 0 Å². The van der Waals surface area contributed by atoms with E-state index in [4.69, 9.17) is 22.1 Å². The number of hydrogen-bond donors (Lipinski definition) is 3. The summed E-state index contributed by atoms with van der Waals surface area (Å²) >= 11 is 0.300. The van der Waals surface area contributed by atoms with Crippen LogP contribution in [0.3, 0.4) is 0 Å². The molecule has 46 valence electrons. The van der Waals surface area contributed by atoms with Gasteiger partial charge in [0, 0.05) is 21.7 Å². The average molecular weight is 253 g/mol. The molecule has 8 heteroatoms. The van der Waals surface area contributed by atoms with Crippen LogP contribution in [0.1, 0.15) is 0 Å². The first-order valence-electron chi connectivity index (χ1n) is 0.987. The van der Waals surface area contributed by atoms with Crippen molar-refractivity contribution in [3.05, 3.63) is 0 Å². The summed E-state index contributed by atoms with van der Waals surface area (Å²) in [5, 5.41) is 0. The van der Waals surface area contributed by atoms with Crippen LogP contribution < -0.4 is 0 Å². The first-order chi connectivity index (χ1) is 3.00. The molecule has 0 aromatic heterocycles. The van der Waals surface area contributed by atoms with E-state index in [1.807, 2.05) is 0 Å². The zero-order valence-corrected chi connectivity index (χ0v) is 8.52. The molecule has 0 rings (SSSR count). The monoisotopic (exact) mass is 252 g/mol. The molecule has 0 aromatic carbocycles. The molecule has 8 heavy (non-hydrogen) atoms. The Bertz CT molecular complexity index is 68.2. The van der Waals surface area contributed by atoms with Gasteiger partial charge in [-0.25, -0.2) is 4.57 Å². The molecule has 3 N–H and O–H groups in total. The van der Waals surface area contributed by atoms with Gasteiger partial charge in [0.15, 0.2) is 0 Å². The molecule has 0 amide bonds. The van der Waals surface area contributed by atoms with E-state index in [1.54, 1.807) is 0 Å². The molecule has 0 saturated heterocycles. The van der Waals surface area contributed by atoms with Crippen LogP contribution in [-0.2, 0) is 53.8 Å². The maximum atomic E-state index is 8.88. The Morgan fingerprint density at radius 1 is 1.12 bits per heavy atom. The molecule has 0 atom stereocenters. The van der Waals surface area contributed by atoms with E-state index in [0.29, 0.717) is 24.7 Å². The van der Waals surface area contributed by atoms with Crippen LogP contribution in [0.5, 0.6) is 0 Å². The van der Waals surface area contributed by atoms with Gasteiger partial charge in [0.1, 0.15) is 0 Å². The maximum Gasteiger partial charge on any atom is 0 e. The van der Waals surface area contributed by atoms with Gasteiger partial charge < -0.3 is 14.7 Å². The zero-order chi connectivity index (χ0) is 6.50. The molecule has 0 aliphatic rings. The Labute approximate surface area is 75.9 Å². The molecule has 0 heterocycles. The summed E-state index contributed by atoms with van der Waals surface area (Å²) < 4.78 is 17.2. The topological polar surface area (TPSA) is 94.8 Å². The van der Waals surface area contributed by atoms with E-state index in [9.17, 15) is 0 Å². The maximum absolute atomic E-state index is 8.88. The minimum absolute atomic E-state index is 0. The second-order valence-corrected chi connectivity index (χ2v) is 1.54. The fourth-order valence-electron chi connectivity index (χ4n) is 0. The predicted molar refractivity (Wildman–Crippen MR) is 14.9 cm³/mol. The van der Waals surface area contributed by atoms with Gasteiger partial charge in [-0.2, -0.15) is 0 Å². The first kappa shape index (κ1) is 16.2. The van der Waals surface area contributed by atoms with Crippen molar-refractivity contribution in [1.29, 1.82) is 0 Å². The summed E-state index contributed by atoms with van der Waals surface area (Å²) in [5.74, 6) is 0. The predicted octanol–water partition coefficient (Wildman–Crippen LogP) is -1.05. The third-order valence-corrected chi connectivity index (χ3v) is 0. The van der Waals surface area contributed by atoms with Crippen molar-refractivity contribution in [2.24, 2.45) is 0 Å². The van der Waals surface area contributed by atoms with Gasteiger partial charge in [0.05, 0.1) is 0 Å². The van der Waals surface area contributed by atoms with Crippen LogP contribution in [0.15, 0.2) is 0 Å². The zero-order valence-electron chi connectivity index (χ0n) is 3.61. The molecule has 0 saturated carbocycles. The molecular formula is H3O5PTiZr. The van der Waals surface area contributed by atoms with Gasteiger partial charge in [-0.05, 0) is 0 Å². The Morgan fingerprint density at radius 3 is 1.12 bits per heavy atom. The summed E-state index contributed by atoms with van der Waals surface area (Å²) in [6, 6.07) is 0. The summed E-state index contributed by atoms with van der Waals surface area (Å²) in [6.45, 7) is 0. The van der Waals surface area contributed by atoms with E-state index in [1.165, 1.54) is 0 Å². The van der Waals surface area contributed by atoms with E-state index in [0.717, 1.165) is 0 Å². The van der Waals surface area contributed by atoms with Crippen molar-refractivity contribution in [2.75, 3.05) is 0 Å². The number of phosphoric acid groups is 1. The first-order valence-corrected chi connectivity index (χ1v) is 3.56. The van der Waals surface area contributed by atoms with E-state index < -0.39 is 7.82 Å². The summed E-state index contributed by atoms with van der Waals surface area (Å²) in [6.07, 6.45) is 0. The Morgan fingerprint density at radius 2 is 1.12 bits per heavy atom. The van der Waals surface area contributed by atoms with Gasteiger partial charge >= 0.3 is 35.4 Å². The average Bonchev–Trinajstić information content (AvgIpc) is 1.36. The van der Waals surface area contributed by atoms with Crippen molar-refractivity contribution in [3.8, 4) is 0 Å². The summed E-state index contributed by atoms with van der Waals surface area (Å²) in [4.78, 5) is 21.6. The van der Waals surface area contributed by atoms with E-state index in [2.05, 4.69) is 0 Å². The van der Waals surface area contributed by atoms with Crippen molar-refractivity contribution < 1.29 is 68.5 Å². The Balaban J connectivity index is -0.0000000750. The molecule has 0 unspecified atom stereocenters. The molecule has 0 spiro atoms. The SMILES string of the molecule is O=P(O)(O)O.[O]=[Zr].[Ti]. The third kappa shape index (κ3) is 140. The van der Waals surface area contributed by atoms with Crippen LogP contribution >= 0.6 is 7.82 Å². The molecule has 0 bridgehead atoms. The molecule has 0 aliphatic carbocycles. The standard InChI is InChI=1S/H3O4P.O.Ti.Zr/c1-5(2,3)4;;;/h(H3,1,2,3,4);;;. The molecule has 0 radical (unpaired) electrons. The normalized spacial score (nSPS) is 7.75. The second kappa shape index (κ2) is 8.51. The largest absolute Gasteiger partial charge is 0 e. The Kier molecular flexibility index (Phi) is 17.3. The van der Waals surface area contributed by atoms with Gasteiger partial charge in [0.25, 0.3) is 0 Å². The molecular weight excluding hydrogens is 250 g/mol. The smallest absolute Gasteiger partial charge is 0 e. The van der Waals surface area contributed by atoms with Crippen molar-refractivity contribution in [1.82, 2.24) is 0 Å². The Hall–Kier alpha value is 1.51. The molecule has 5 nitrogen and oxygen atoms in total. The number of rotatable bonds is 0. The van der Waals surface area contributed by atoms with Crippen molar-refractivity contribution >= 4 is 7.82 Å². The van der Waals surface area contributed by atoms with Crippen molar-refractivity contribution in [2.45, 2.75) is 0 Å². The molecule has 0 fully saturated rings. The van der Waals surface area contributed by atoms with Gasteiger partial charge in [-0.3, -0.25) is 0 Å². The minimum atomic E-state index is -4.64. The van der Waals surface area contributed by atoms with Gasteiger partial charge in [0.2, 0.25) is 0 Å². The fourth-order valence-corrected chi connectivity index (χ4v) is 0. The van der Waals surface area contributed by atoms with E-state index in [-0.39, 0.29) is 21.7 Å². The third-order valence-electron chi connectivity index (χ3n) is 0. The number of hydrogen-bond acceptors (Lipinski definition) is 2. The summed E-state index contributed by atoms with van der Waals surface area (Å²) in [5.41, 5.74) is 0. The van der Waals surface area contributed by atoms with Crippen LogP contribution in [0, 0.1) is 0 Å². The minimum Gasteiger partial charge on any atom is 0 e.